The molecule has 0 bridgehead atoms. The van der Waals surface area contributed by atoms with Crippen molar-refractivity contribution in [2.75, 3.05) is 6.54 Å². The van der Waals surface area contributed by atoms with Crippen LogP contribution in [0.1, 0.15) is 40.0 Å². The van der Waals surface area contributed by atoms with Crippen LogP contribution in [0, 0.1) is 0 Å². The van der Waals surface area contributed by atoms with E-state index in [1.807, 2.05) is 6.08 Å². The fourth-order valence-corrected chi connectivity index (χ4v) is 1.41. The molecule has 66 valence electrons. The Hall–Kier alpha value is -0.300. The van der Waals surface area contributed by atoms with Crippen LogP contribution in [0.2, 0.25) is 0 Å². The quantitative estimate of drug-likeness (QED) is 0.582. The van der Waals surface area contributed by atoms with Gasteiger partial charge in [0, 0.05) is 12.1 Å². The molecule has 0 aromatic carbocycles. The second kappa shape index (κ2) is 5.36. The van der Waals surface area contributed by atoms with Gasteiger partial charge in [0.05, 0.1) is 0 Å². The third-order valence-electron chi connectivity index (χ3n) is 2.65. The Morgan fingerprint density at radius 3 is 1.91 bits per heavy atom. The zero-order valence-corrected chi connectivity index (χ0v) is 8.11. The zero-order valence-electron chi connectivity index (χ0n) is 8.11. The van der Waals surface area contributed by atoms with E-state index < -0.39 is 0 Å². The molecule has 0 aliphatic rings. The standard InChI is InChI=1S/C10H21N/c1-5-9-11-10(6-2,7-3)8-4/h5,11H,1,6-9H2,2-4H3. The molecule has 0 aromatic heterocycles. The summed E-state index contributed by atoms with van der Waals surface area (Å²) in [7, 11) is 0. The highest BCUT2D eigenvalue weighted by Crippen LogP contribution is 2.18. The van der Waals surface area contributed by atoms with Gasteiger partial charge in [0.1, 0.15) is 0 Å². The molecule has 0 heterocycles. The van der Waals surface area contributed by atoms with Crippen LogP contribution in [0.25, 0.3) is 0 Å². The van der Waals surface area contributed by atoms with E-state index in [9.17, 15) is 0 Å². The van der Waals surface area contributed by atoms with Crippen molar-refractivity contribution in [2.24, 2.45) is 0 Å². The summed E-state index contributed by atoms with van der Waals surface area (Å²) in [4.78, 5) is 0. The molecule has 0 atom stereocenters. The molecule has 11 heavy (non-hydrogen) atoms. The van der Waals surface area contributed by atoms with Gasteiger partial charge < -0.3 is 5.32 Å². The topological polar surface area (TPSA) is 12.0 Å². The molecule has 0 aromatic rings. The summed E-state index contributed by atoms with van der Waals surface area (Å²) in [5.74, 6) is 0. The van der Waals surface area contributed by atoms with Gasteiger partial charge in [-0.15, -0.1) is 6.58 Å². The average molecular weight is 155 g/mol. The smallest absolute Gasteiger partial charge is 0.0176 e. The lowest BCUT2D eigenvalue weighted by Crippen LogP contribution is -2.43. The van der Waals surface area contributed by atoms with Gasteiger partial charge >= 0.3 is 0 Å². The predicted octanol–water partition coefficient (Wildman–Crippen LogP) is 2.73. The zero-order chi connectivity index (χ0) is 8.74. The Morgan fingerprint density at radius 2 is 1.64 bits per heavy atom. The third kappa shape index (κ3) is 3.06. The van der Waals surface area contributed by atoms with E-state index in [1.54, 1.807) is 0 Å². The molecule has 0 aliphatic heterocycles. The van der Waals surface area contributed by atoms with Crippen molar-refractivity contribution in [3.05, 3.63) is 12.7 Å². The minimum Gasteiger partial charge on any atom is -0.308 e. The summed E-state index contributed by atoms with van der Waals surface area (Å²) in [5, 5.41) is 3.51. The molecular formula is C10H21N. The van der Waals surface area contributed by atoms with E-state index in [0.29, 0.717) is 5.54 Å². The lowest BCUT2D eigenvalue weighted by atomic mass is 9.90. The van der Waals surface area contributed by atoms with Crippen LogP contribution < -0.4 is 5.32 Å². The first-order valence-corrected chi connectivity index (χ1v) is 4.60. The molecule has 0 aliphatic carbocycles. The maximum absolute atomic E-state index is 3.70. The van der Waals surface area contributed by atoms with Crippen molar-refractivity contribution in [3.63, 3.8) is 0 Å². The lowest BCUT2D eigenvalue weighted by Gasteiger charge is -2.31. The van der Waals surface area contributed by atoms with Gasteiger partial charge in [-0.25, -0.2) is 0 Å². The van der Waals surface area contributed by atoms with E-state index in [0.717, 1.165) is 6.54 Å². The van der Waals surface area contributed by atoms with Crippen LogP contribution >= 0.6 is 0 Å². The molecule has 1 N–H and O–H groups in total. The van der Waals surface area contributed by atoms with Crippen molar-refractivity contribution < 1.29 is 0 Å². The maximum Gasteiger partial charge on any atom is 0.0176 e. The molecule has 0 amide bonds. The Bertz CT molecular complexity index is 95.2. The van der Waals surface area contributed by atoms with Gasteiger partial charge in [-0.05, 0) is 19.3 Å². The summed E-state index contributed by atoms with van der Waals surface area (Å²) in [6.45, 7) is 11.3. The fraction of sp³-hybridized carbons (Fsp3) is 0.800. The highest BCUT2D eigenvalue weighted by Gasteiger charge is 2.21. The summed E-state index contributed by atoms with van der Waals surface area (Å²) in [5.41, 5.74) is 0.355. The van der Waals surface area contributed by atoms with Crippen LogP contribution in [0.4, 0.5) is 0 Å². The van der Waals surface area contributed by atoms with Crippen molar-refractivity contribution in [1.29, 1.82) is 0 Å². The van der Waals surface area contributed by atoms with Crippen molar-refractivity contribution in [1.82, 2.24) is 5.32 Å². The Balaban J connectivity index is 3.93. The van der Waals surface area contributed by atoms with Crippen LogP contribution in [0.5, 0.6) is 0 Å². The molecule has 0 spiro atoms. The Morgan fingerprint density at radius 1 is 1.18 bits per heavy atom. The maximum atomic E-state index is 3.70. The fourth-order valence-electron chi connectivity index (χ4n) is 1.41. The summed E-state index contributed by atoms with van der Waals surface area (Å²) in [6, 6.07) is 0. The Kier molecular flexibility index (Phi) is 5.22. The third-order valence-corrected chi connectivity index (χ3v) is 2.65. The van der Waals surface area contributed by atoms with Crippen molar-refractivity contribution >= 4 is 0 Å². The van der Waals surface area contributed by atoms with Gasteiger partial charge in [0.25, 0.3) is 0 Å². The summed E-state index contributed by atoms with van der Waals surface area (Å²) >= 11 is 0. The molecule has 0 fully saturated rings. The number of hydrogen-bond acceptors (Lipinski definition) is 1. The molecule has 1 heteroatoms. The largest absolute Gasteiger partial charge is 0.308 e. The van der Waals surface area contributed by atoms with E-state index in [1.165, 1.54) is 19.3 Å². The lowest BCUT2D eigenvalue weighted by molar-refractivity contribution is 0.302. The first kappa shape index (κ1) is 10.7. The first-order valence-electron chi connectivity index (χ1n) is 4.60. The molecule has 0 saturated carbocycles. The monoisotopic (exact) mass is 155 g/mol. The molecule has 1 nitrogen and oxygen atoms in total. The highest BCUT2D eigenvalue weighted by molar-refractivity contribution is 4.86. The molecule has 0 radical (unpaired) electrons. The predicted molar refractivity (Wildman–Crippen MR) is 51.8 cm³/mol. The SMILES string of the molecule is C=CCNC(CC)(CC)CC. The van der Waals surface area contributed by atoms with E-state index in [2.05, 4.69) is 32.7 Å². The first-order chi connectivity index (χ1) is 5.24. The van der Waals surface area contributed by atoms with Crippen LogP contribution in [-0.4, -0.2) is 12.1 Å². The van der Waals surface area contributed by atoms with E-state index in [4.69, 9.17) is 0 Å². The molecular weight excluding hydrogens is 134 g/mol. The van der Waals surface area contributed by atoms with Gasteiger partial charge in [0.2, 0.25) is 0 Å². The average Bonchev–Trinajstić information content (AvgIpc) is 2.08. The highest BCUT2D eigenvalue weighted by atomic mass is 15.0. The second-order valence-electron chi connectivity index (χ2n) is 3.01. The number of rotatable bonds is 6. The molecule has 0 saturated heterocycles. The van der Waals surface area contributed by atoms with Crippen LogP contribution in [-0.2, 0) is 0 Å². The summed E-state index contributed by atoms with van der Waals surface area (Å²) in [6.07, 6.45) is 5.53. The summed E-state index contributed by atoms with van der Waals surface area (Å²) < 4.78 is 0. The number of hydrogen-bond donors (Lipinski definition) is 1. The molecule has 0 unspecified atom stereocenters. The minimum absolute atomic E-state index is 0.355. The normalized spacial score (nSPS) is 11.5. The van der Waals surface area contributed by atoms with Gasteiger partial charge in [0.15, 0.2) is 0 Å². The van der Waals surface area contributed by atoms with Crippen molar-refractivity contribution in [2.45, 2.75) is 45.6 Å². The van der Waals surface area contributed by atoms with Crippen LogP contribution in [0.3, 0.4) is 0 Å². The van der Waals surface area contributed by atoms with Crippen LogP contribution in [0.15, 0.2) is 12.7 Å². The minimum atomic E-state index is 0.355. The van der Waals surface area contributed by atoms with Gasteiger partial charge in [-0.2, -0.15) is 0 Å². The molecule has 0 rings (SSSR count). The van der Waals surface area contributed by atoms with E-state index >= 15 is 0 Å². The van der Waals surface area contributed by atoms with E-state index in [-0.39, 0.29) is 0 Å². The van der Waals surface area contributed by atoms with Gasteiger partial charge in [-0.1, -0.05) is 26.8 Å². The Labute approximate surface area is 70.9 Å². The van der Waals surface area contributed by atoms with Crippen molar-refractivity contribution in [3.8, 4) is 0 Å². The van der Waals surface area contributed by atoms with Gasteiger partial charge in [-0.3, -0.25) is 0 Å². The number of nitrogens with one attached hydrogen (secondary N) is 1. The second-order valence-corrected chi connectivity index (χ2v) is 3.01.